The first-order chi connectivity index (χ1) is 9.60. The summed E-state index contributed by atoms with van der Waals surface area (Å²) < 4.78 is 70.5. The van der Waals surface area contributed by atoms with Gasteiger partial charge in [0.05, 0.1) is 12.0 Å². The smallest absolute Gasteiger partial charge is 0.422 e. The van der Waals surface area contributed by atoms with Crippen molar-refractivity contribution in [2.45, 2.75) is 11.1 Å². The molecule has 1 aromatic rings. The van der Waals surface area contributed by atoms with E-state index in [1.165, 1.54) is 0 Å². The van der Waals surface area contributed by atoms with Crippen LogP contribution in [0.3, 0.4) is 0 Å². The van der Waals surface area contributed by atoms with E-state index in [2.05, 4.69) is 9.47 Å². The van der Waals surface area contributed by atoms with Crippen LogP contribution in [0.15, 0.2) is 23.1 Å². The van der Waals surface area contributed by atoms with Gasteiger partial charge in [0, 0.05) is 0 Å². The van der Waals surface area contributed by atoms with Gasteiger partial charge in [0.1, 0.15) is 11.3 Å². The zero-order valence-electron chi connectivity index (χ0n) is 11.0. The number of rotatable bonds is 5. The maximum Gasteiger partial charge on any atom is 0.422 e. The first kappa shape index (κ1) is 17.2. The Balaban J connectivity index is 3.24. The van der Waals surface area contributed by atoms with Gasteiger partial charge in [-0.2, -0.15) is 13.2 Å². The van der Waals surface area contributed by atoms with Crippen molar-refractivity contribution in [2.24, 2.45) is 0 Å². The molecular weight excluding hydrogens is 315 g/mol. The minimum Gasteiger partial charge on any atom is -0.483 e. The van der Waals surface area contributed by atoms with E-state index in [0.717, 1.165) is 32.4 Å². The molecule has 1 N–H and O–H groups in total. The average molecular weight is 327 g/mol. The van der Waals surface area contributed by atoms with Gasteiger partial charge < -0.3 is 9.47 Å². The number of halogens is 3. The Morgan fingerprint density at radius 2 is 1.95 bits per heavy atom. The van der Waals surface area contributed by atoms with Gasteiger partial charge >= 0.3 is 12.1 Å². The summed E-state index contributed by atoms with van der Waals surface area (Å²) in [5, 5.41) is 0. The molecule has 0 radical (unpaired) electrons. The molecule has 0 amide bonds. The Morgan fingerprint density at radius 3 is 2.43 bits per heavy atom. The molecule has 0 spiro atoms. The van der Waals surface area contributed by atoms with E-state index < -0.39 is 40.1 Å². The summed E-state index contributed by atoms with van der Waals surface area (Å²) in [5.74, 6) is -1.44. The number of alkyl halides is 3. The highest BCUT2D eigenvalue weighted by Gasteiger charge is 2.29. The predicted molar refractivity (Wildman–Crippen MR) is 65.6 cm³/mol. The SMILES string of the molecule is CNS(=O)(=O)c1ccc(OCC(F)(F)F)c(C(=O)OC)c1. The van der Waals surface area contributed by atoms with Crippen molar-refractivity contribution in [1.82, 2.24) is 4.72 Å². The normalized spacial score (nSPS) is 12.0. The van der Waals surface area contributed by atoms with E-state index >= 15 is 0 Å². The largest absolute Gasteiger partial charge is 0.483 e. The van der Waals surface area contributed by atoms with Crippen LogP contribution in [-0.4, -0.2) is 41.3 Å². The Bertz CT molecular complexity index is 627. The Morgan fingerprint density at radius 1 is 1.33 bits per heavy atom. The lowest BCUT2D eigenvalue weighted by atomic mass is 10.2. The zero-order chi connectivity index (χ0) is 16.3. The summed E-state index contributed by atoms with van der Waals surface area (Å²) in [4.78, 5) is 11.2. The van der Waals surface area contributed by atoms with Crippen molar-refractivity contribution in [3.63, 3.8) is 0 Å². The molecule has 118 valence electrons. The van der Waals surface area contributed by atoms with Crippen molar-refractivity contribution in [3.8, 4) is 5.75 Å². The third-order valence-corrected chi connectivity index (χ3v) is 3.74. The lowest BCUT2D eigenvalue weighted by Gasteiger charge is -2.13. The Hall–Kier alpha value is -1.81. The fourth-order valence-electron chi connectivity index (χ4n) is 1.35. The lowest BCUT2D eigenvalue weighted by Crippen LogP contribution is -2.21. The predicted octanol–water partition coefficient (Wildman–Crippen LogP) is 1.32. The van der Waals surface area contributed by atoms with Crippen LogP contribution >= 0.6 is 0 Å². The zero-order valence-corrected chi connectivity index (χ0v) is 11.8. The summed E-state index contributed by atoms with van der Waals surface area (Å²) in [6.45, 7) is -1.62. The van der Waals surface area contributed by atoms with Crippen LogP contribution in [0.1, 0.15) is 10.4 Å². The highest BCUT2D eigenvalue weighted by Crippen LogP contribution is 2.25. The summed E-state index contributed by atoms with van der Waals surface area (Å²) in [5.41, 5.74) is -0.418. The van der Waals surface area contributed by atoms with Crippen molar-refractivity contribution in [3.05, 3.63) is 23.8 Å². The molecule has 0 unspecified atom stereocenters. The van der Waals surface area contributed by atoms with E-state index in [9.17, 15) is 26.4 Å². The van der Waals surface area contributed by atoms with E-state index in [4.69, 9.17) is 0 Å². The molecule has 0 aliphatic heterocycles. The first-order valence-electron chi connectivity index (χ1n) is 5.46. The molecule has 6 nitrogen and oxygen atoms in total. The van der Waals surface area contributed by atoms with E-state index in [1.54, 1.807) is 0 Å². The van der Waals surface area contributed by atoms with Gasteiger partial charge in [-0.15, -0.1) is 0 Å². The van der Waals surface area contributed by atoms with Crippen LogP contribution in [-0.2, 0) is 14.8 Å². The molecule has 0 bridgehead atoms. The Kier molecular flexibility index (Phi) is 5.18. The second-order valence-electron chi connectivity index (χ2n) is 3.76. The summed E-state index contributed by atoms with van der Waals surface area (Å²) in [6, 6.07) is 2.86. The molecule has 0 saturated heterocycles. The third-order valence-electron chi connectivity index (χ3n) is 2.33. The van der Waals surface area contributed by atoms with Crippen LogP contribution in [0.5, 0.6) is 5.75 Å². The molecule has 0 heterocycles. The quantitative estimate of drug-likeness (QED) is 0.825. The number of esters is 1. The number of methoxy groups -OCH3 is 1. The second-order valence-corrected chi connectivity index (χ2v) is 5.65. The van der Waals surface area contributed by atoms with Gasteiger partial charge in [-0.25, -0.2) is 17.9 Å². The van der Waals surface area contributed by atoms with Gasteiger partial charge in [0.2, 0.25) is 10.0 Å². The fraction of sp³-hybridized carbons (Fsp3) is 0.364. The molecule has 1 rings (SSSR count). The summed E-state index contributed by atoms with van der Waals surface area (Å²) in [6.07, 6.45) is -4.59. The van der Waals surface area contributed by atoms with Crippen LogP contribution in [0.4, 0.5) is 13.2 Å². The second kappa shape index (κ2) is 6.31. The van der Waals surface area contributed by atoms with Gasteiger partial charge in [0.25, 0.3) is 0 Å². The van der Waals surface area contributed by atoms with E-state index in [1.807, 2.05) is 4.72 Å². The minimum absolute atomic E-state index is 0.301. The van der Waals surface area contributed by atoms with Gasteiger partial charge in [-0.1, -0.05) is 0 Å². The standard InChI is InChI=1S/C11H12F3NO5S/c1-15-21(17,18)7-3-4-9(20-6-11(12,13)14)8(5-7)10(16)19-2/h3-5,15H,6H2,1-2H3. The number of sulfonamides is 1. The first-order valence-corrected chi connectivity index (χ1v) is 6.94. The number of hydrogen-bond acceptors (Lipinski definition) is 5. The topological polar surface area (TPSA) is 81.7 Å². The highest BCUT2D eigenvalue weighted by molar-refractivity contribution is 7.89. The number of carbonyl (C=O) groups is 1. The molecule has 0 aliphatic carbocycles. The molecule has 10 heteroatoms. The molecule has 0 aromatic heterocycles. The number of hydrogen-bond donors (Lipinski definition) is 1. The van der Waals surface area contributed by atoms with E-state index in [0.29, 0.717) is 0 Å². The van der Waals surface area contributed by atoms with Crippen molar-refractivity contribution >= 4 is 16.0 Å². The molecule has 0 fully saturated rings. The lowest BCUT2D eigenvalue weighted by molar-refractivity contribution is -0.153. The molecule has 0 saturated carbocycles. The van der Waals surface area contributed by atoms with Crippen molar-refractivity contribution in [2.75, 3.05) is 20.8 Å². The molecule has 0 atom stereocenters. The molecular formula is C11H12F3NO5S. The summed E-state index contributed by atoms with van der Waals surface area (Å²) in [7, 11) is -1.70. The van der Waals surface area contributed by atoms with E-state index in [-0.39, 0.29) is 4.90 Å². The maximum atomic E-state index is 12.1. The van der Waals surface area contributed by atoms with Gasteiger partial charge in [0.15, 0.2) is 6.61 Å². The number of ether oxygens (including phenoxy) is 2. The average Bonchev–Trinajstić information content (AvgIpc) is 2.43. The van der Waals surface area contributed by atoms with Gasteiger partial charge in [-0.3, -0.25) is 0 Å². The van der Waals surface area contributed by atoms with Crippen molar-refractivity contribution in [1.29, 1.82) is 0 Å². The molecule has 0 aliphatic rings. The minimum atomic E-state index is -4.59. The van der Waals surface area contributed by atoms with Crippen LogP contribution < -0.4 is 9.46 Å². The third kappa shape index (κ3) is 4.60. The molecule has 1 aromatic carbocycles. The monoisotopic (exact) mass is 327 g/mol. The van der Waals surface area contributed by atoms with Crippen LogP contribution in [0, 0.1) is 0 Å². The molecule has 21 heavy (non-hydrogen) atoms. The van der Waals surface area contributed by atoms with Gasteiger partial charge in [-0.05, 0) is 25.2 Å². The highest BCUT2D eigenvalue weighted by atomic mass is 32.2. The number of carbonyl (C=O) groups excluding carboxylic acids is 1. The number of nitrogens with one attached hydrogen (secondary N) is 1. The fourth-order valence-corrected chi connectivity index (χ4v) is 2.10. The van der Waals surface area contributed by atoms with Crippen molar-refractivity contribution < 1.29 is 35.9 Å². The van der Waals surface area contributed by atoms with Crippen LogP contribution in [0.25, 0.3) is 0 Å². The maximum absolute atomic E-state index is 12.1. The summed E-state index contributed by atoms with van der Waals surface area (Å²) >= 11 is 0. The van der Waals surface area contributed by atoms with Crippen LogP contribution in [0.2, 0.25) is 0 Å². The Labute approximate surface area is 118 Å². The number of benzene rings is 1.